The summed E-state index contributed by atoms with van der Waals surface area (Å²) in [6, 6.07) is 0. The topological polar surface area (TPSA) is 87.0 Å². The third kappa shape index (κ3) is 3.42. The highest BCUT2D eigenvalue weighted by Gasteiger charge is 2.23. The van der Waals surface area contributed by atoms with Gasteiger partial charge in [-0.15, -0.1) is 0 Å². The van der Waals surface area contributed by atoms with Crippen molar-refractivity contribution in [3.05, 3.63) is 0 Å². The summed E-state index contributed by atoms with van der Waals surface area (Å²) in [4.78, 5) is 4.45. The van der Waals surface area contributed by atoms with Gasteiger partial charge in [-0.2, -0.15) is 0 Å². The third-order valence-corrected chi connectivity index (χ3v) is 1.31. The van der Waals surface area contributed by atoms with Gasteiger partial charge < -0.3 is 10.6 Å². The highest BCUT2D eigenvalue weighted by Crippen LogP contribution is 2.10. The van der Waals surface area contributed by atoms with Crippen molar-refractivity contribution in [3.8, 4) is 0 Å². The van der Waals surface area contributed by atoms with Crippen molar-refractivity contribution in [2.24, 2.45) is 5.90 Å². The van der Waals surface area contributed by atoms with Crippen molar-refractivity contribution in [2.45, 2.75) is 32.5 Å². The lowest BCUT2D eigenvalue weighted by Crippen LogP contribution is -2.39. The van der Waals surface area contributed by atoms with Gasteiger partial charge in [0.1, 0.15) is 5.60 Å². The molecule has 4 heteroatoms. The van der Waals surface area contributed by atoms with Gasteiger partial charge >= 0.3 is 0 Å². The molecule has 0 amide bonds. The molecular formula is C5H15NO3. The summed E-state index contributed by atoms with van der Waals surface area (Å²) in [6.45, 7) is 5.07. The minimum atomic E-state index is -0.625. The van der Waals surface area contributed by atoms with Crippen LogP contribution in [-0.2, 0) is 4.84 Å². The molecule has 0 saturated heterocycles. The molecule has 0 aromatic rings. The van der Waals surface area contributed by atoms with Gasteiger partial charge in [0.05, 0.1) is 6.10 Å². The van der Waals surface area contributed by atoms with Gasteiger partial charge in [0.2, 0.25) is 0 Å². The number of nitrogens with two attached hydrogens (primary N) is 1. The van der Waals surface area contributed by atoms with Gasteiger partial charge in [0.25, 0.3) is 0 Å². The first kappa shape index (κ1) is 11.6. The zero-order chi connectivity index (χ0) is 6.78. The predicted molar refractivity (Wildman–Crippen MR) is 34.6 cm³/mol. The number of hydrogen-bond acceptors (Lipinski definition) is 3. The van der Waals surface area contributed by atoms with E-state index in [4.69, 9.17) is 11.0 Å². The van der Waals surface area contributed by atoms with Crippen LogP contribution in [0.15, 0.2) is 0 Å². The van der Waals surface area contributed by atoms with Crippen molar-refractivity contribution in [1.82, 2.24) is 0 Å². The molecule has 4 nitrogen and oxygen atoms in total. The first-order chi connectivity index (χ1) is 3.50. The Morgan fingerprint density at radius 3 is 1.89 bits per heavy atom. The van der Waals surface area contributed by atoms with Crippen LogP contribution < -0.4 is 5.90 Å². The van der Waals surface area contributed by atoms with Crippen LogP contribution in [-0.4, -0.2) is 22.3 Å². The minimum absolute atomic E-state index is 0. The Morgan fingerprint density at radius 2 is 1.89 bits per heavy atom. The Labute approximate surface area is 54.9 Å². The fraction of sp³-hybridized carbons (Fsp3) is 1.00. The van der Waals surface area contributed by atoms with Crippen molar-refractivity contribution in [3.63, 3.8) is 0 Å². The Balaban J connectivity index is 0. The summed E-state index contributed by atoms with van der Waals surface area (Å²) in [5, 5.41) is 8.88. The maximum absolute atomic E-state index is 8.88. The molecule has 5 N–H and O–H groups in total. The second-order valence-corrected chi connectivity index (χ2v) is 2.40. The van der Waals surface area contributed by atoms with Crippen LogP contribution in [0, 0.1) is 0 Å². The van der Waals surface area contributed by atoms with Gasteiger partial charge in [-0.05, 0) is 20.8 Å². The van der Waals surface area contributed by atoms with E-state index in [1.54, 1.807) is 20.8 Å². The van der Waals surface area contributed by atoms with Crippen molar-refractivity contribution in [2.75, 3.05) is 0 Å². The first-order valence-electron chi connectivity index (χ1n) is 2.56. The van der Waals surface area contributed by atoms with Crippen LogP contribution in [0.2, 0.25) is 0 Å². The molecular weight excluding hydrogens is 122 g/mol. The zero-order valence-corrected chi connectivity index (χ0v) is 6.01. The molecule has 58 valence electrons. The van der Waals surface area contributed by atoms with E-state index in [1.807, 2.05) is 0 Å². The Morgan fingerprint density at radius 1 is 1.56 bits per heavy atom. The summed E-state index contributed by atoms with van der Waals surface area (Å²) in [5.41, 5.74) is -0.625. The predicted octanol–water partition coefficient (Wildman–Crippen LogP) is -0.789. The molecule has 0 rings (SSSR count). The van der Waals surface area contributed by atoms with E-state index in [0.717, 1.165) is 0 Å². The van der Waals surface area contributed by atoms with Gasteiger partial charge in [0.15, 0.2) is 0 Å². The van der Waals surface area contributed by atoms with Gasteiger partial charge in [0, 0.05) is 0 Å². The van der Waals surface area contributed by atoms with Crippen molar-refractivity contribution >= 4 is 0 Å². The van der Waals surface area contributed by atoms with Crippen LogP contribution in [0.4, 0.5) is 0 Å². The van der Waals surface area contributed by atoms with Crippen molar-refractivity contribution < 1.29 is 15.4 Å². The van der Waals surface area contributed by atoms with Crippen LogP contribution in [0.5, 0.6) is 0 Å². The van der Waals surface area contributed by atoms with Crippen LogP contribution >= 0.6 is 0 Å². The average molecular weight is 137 g/mol. The summed E-state index contributed by atoms with van der Waals surface area (Å²) in [7, 11) is 0. The van der Waals surface area contributed by atoms with Crippen LogP contribution in [0.3, 0.4) is 0 Å². The SMILES string of the molecule is CC(O)C(C)(C)ON.O. The lowest BCUT2D eigenvalue weighted by Gasteiger charge is -2.24. The summed E-state index contributed by atoms with van der Waals surface area (Å²) in [6.07, 6.45) is -0.535. The van der Waals surface area contributed by atoms with E-state index < -0.39 is 11.7 Å². The molecule has 0 spiro atoms. The molecule has 9 heavy (non-hydrogen) atoms. The lowest BCUT2D eigenvalue weighted by molar-refractivity contribution is -0.0955. The summed E-state index contributed by atoms with van der Waals surface area (Å²) < 4.78 is 0. The van der Waals surface area contributed by atoms with Crippen LogP contribution in [0.1, 0.15) is 20.8 Å². The number of hydrogen-bond donors (Lipinski definition) is 2. The summed E-state index contributed by atoms with van der Waals surface area (Å²) in [5.74, 6) is 4.85. The van der Waals surface area contributed by atoms with E-state index in [9.17, 15) is 0 Å². The quantitative estimate of drug-likeness (QED) is 0.489. The number of aliphatic hydroxyl groups is 1. The highest BCUT2D eigenvalue weighted by atomic mass is 16.6. The Kier molecular flexibility index (Phi) is 4.89. The first-order valence-corrected chi connectivity index (χ1v) is 2.56. The molecule has 0 saturated carbocycles. The fourth-order valence-corrected chi connectivity index (χ4v) is 0.0985. The van der Waals surface area contributed by atoms with E-state index in [2.05, 4.69) is 4.84 Å². The largest absolute Gasteiger partial charge is 0.412 e. The molecule has 0 aliphatic rings. The second kappa shape index (κ2) is 3.79. The van der Waals surface area contributed by atoms with Crippen molar-refractivity contribution in [1.29, 1.82) is 0 Å². The van der Waals surface area contributed by atoms with Gasteiger partial charge in [-0.1, -0.05) is 0 Å². The lowest BCUT2D eigenvalue weighted by atomic mass is 10.0. The number of rotatable bonds is 2. The molecule has 0 bridgehead atoms. The molecule has 0 fully saturated rings. The van der Waals surface area contributed by atoms with E-state index in [1.165, 1.54) is 0 Å². The smallest absolute Gasteiger partial charge is 0.109 e. The standard InChI is InChI=1S/C5H13NO2.H2O/c1-4(7)5(2,3)8-6;/h4,7H,6H2,1-3H3;1H2. The number of aliphatic hydroxyl groups excluding tert-OH is 1. The Bertz CT molecular complexity index is 72.6. The normalized spacial score (nSPS) is 14.3. The molecule has 0 aliphatic carbocycles. The zero-order valence-electron chi connectivity index (χ0n) is 6.01. The molecule has 0 radical (unpaired) electrons. The summed E-state index contributed by atoms with van der Waals surface area (Å²) >= 11 is 0. The average Bonchev–Trinajstić information content (AvgIpc) is 1.67. The maximum Gasteiger partial charge on any atom is 0.109 e. The minimum Gasteiger partial charge on any atom is -0.412 e. The fourth-order valence-electron chi connectivity index (χ4n) is 0.0985. The van der Waals surface area contributed by atoms with E-state index in [-0.39, 0.29) is 5.48 Å². The molecule has 0 aromatic carbocycles. The highest BCUT2D eigenvalue weighted by molar-refractivity contribution is 4.72. The Hall–Kier alpha value is -0.160. The molecule has 0 aromatic heterocycles. The van der Waals surface area contributed by atoms with Gasteiger partial charge in [-0.25, -0.2) is 5.90 Å². The molecule has 0 heterocycles. The van der Waals surface area contributed by atoms with Gasteiger partial charge in [-0.3, -0.25) is 4.84 Å². The van der Waals surface area contributed by atoms with E-state index in [0.29, 0.717) is 0 Å². The molecule has 1 unspecified atom stereocenters. The van der Waals surface area contributed by atoms with Crippen LogP contribution in [0.25, 0.3) is 0 Å². The molecule has 1 atom stereocenters. The monoisotopic (exact) mass is 137 g/mol. The third-order valence-electron chi connectivity index (χ3n) is 1.31. The molecule has 0 aliphatic heterocycles. The maximum atomic E-state index is 8.88. The van der Waals surface area contributed by atoms with E-state index >= 15 is 0 Å². The second-order valence-electron chi connectivity index (χ2n) is 2.40.